The highest BCUT2D eigenvalue weighted by atomic mass is 35.5. The number of halogens is 1. The molecule has 2 atom stereocenters. The highest BCUT2D eigenvalue weighted by Crippen LogP contribution is 2.28. The fraction of sp³-hybridized carbons (Fsp3) is 0.533. The molecule has 0 spiro atoms. The third-order valence-corrected chi connectivity index (χ3v) is 3.21. The zero-order valence-corrected chi connectivity index (χ0v) is 13.2. The lowest BCUT2D eigenvalue weighted by atomic mass is 9.96. The van der Waals surface area contributed by atoms with E-state index in [2.05, 4.69) is 5.32 Å². The van der Waals surface area contributed by atoms with Crippen molar-refractivity contribution in [2.45, 2.75) is 26.2 Å². The molecule has 1 aromatic rings. The second-order valence-corrected chi connectivity index (χ2v) is 4.99. The fourth-order valence-corrected chi connectivity index (χ4v) is 1.91. The summed E-state index contributed by atoms with van der Waals surface area (Å²) in [6.45, 7) is 5.27. The highest BCUT2D eigenvalue weighted by molar-refractivity contribution is 5.85. The van der Waals surface area contributed by atoms with E-state index in [0.717, 1.165) is 11.3 Å². The number of nitrogens with two attached hydrogens (primary N) is 1. The Morgan fingerprint density at radius 1 is 1.35 bits per heavy atom. The monoisotopic (exact) mass is 300 g/mol. The minimum Gasteiger partial charge on any atom is -0.496 e. The van der Waals surface area contributed by atoms with Gasteiger partial charge in [-0.15, -0.1) is 12.4 Å². The average molecular weight is 301 g/mol. The van der Waals surface area contributed by atoms with Gasteiger partial charge in [0, 0.05) is 13.0 Å². The molecule has 0 bridgehead atoms. The van der Waals surface area contributed by atoms with Crippen LogP contribution in [0.3, 0.4) is 0 Å². The van der Waals surface area contributed by atoms with Crippen LogP contribution in [0, 0.1) is 5.92 Å². The number of hydrogen-bond donors (Lipinski definition) is 2. The summed E-state index contributed by atoms with van der Waals surface area (Å²) in [4.78, 5) is 11.9. The second kappa shape index (κ2) is 9.61. The molecule has 4 nitrogen and oxygen atoms in total. The topological polar surface area (TPSA) is 64.3 Å². The Bertz CT molecular complexity index is 413. The lowest BCUT2D eigenvalue weighted by molar-refractivity contribution is -0.121. The molecule has 1 rings (SSSR count). The van der Waals surface area contributed by atoms with Crippen molar-refractivity contribution >= 4 is 18.3 Å². The van der Waals surface area contributed by atoms with Gasteiger partial charge in [0.15, 0.2) is 0 Å². The van der Waals surface area contributed by atoms with Gasteiger partial charge in [0.25, 0.3) is 0 Å². The van der Waals surface area contributed by atoms with Gasteiger partial charge in [-0.1, -0.05) is 32.0 Å². The first-order valence-electron chi connectivity index (χ1n) is 6.68. The number of carbonyl (C=O) groups is 1. The molecule has 0 saturated carbocycles. The molecule has 0 aliphatic rings. The molecule has 0 aromatic heterocycles. The van der Waals surface area contributed by atoms with Crippen LogP contribution in [0.2, 0.25) is 0 Å². The average Bonchev–Trinajstić information content (AvgIpc) is 2.44. The highest BCUT2D eigenvalue weighted by Gasteiger charge is 2.15. The molecule has 114 valence electrons. The van der Waals surface area contributed by atoms with E-state index < -0.39 is 0 Å². The standard InChI is InChI=1S/C15H24N2O2.ClH/c1-11(9-16)10-17-15(18)8-12(2)13-6-4-5-7-14(13)19-3;/h4-7,11-12H,8-10,16H2,1-3H3,(H,17,18);1H. The number of hydrogen-bond acceptors (Lipinski definition) is 3. The van der Waals surface area contributed by atoms with Crippen molar-refractivity contribution in [2.24, 2.45) is 11.7 Å². The zero-order valence-electron chi connectivity index (χ0n) is 12.4. The van der Waals surface area contributed by atoms with Crippen LogP contribution in [0.25, 0.3) is 0 Å². The third-order valence-electron chi connectivity index (χ3n) is 3.21. The Morgan fingerprint density at radius 3 is 2.60 bits per heavy atom. The molecular formula is C15H25ClN2O2. The summed E-state index contributed by atoms with van der Waals surface area (Å²) in [5, 5.41) is 2.91. The van der Waals surface area contributed by atoms with Gasteiger partial charge in [-0.25, -0.2) is 0 Å². The van der Waals surface area contributed by atoms with Gasteiger partial charge < -0.3 is 15.8 Å². The maximum Gasteiger partial charge on any atom is 0.220 e. The predicted molar refractivity (Wildman–Crippen MR) is 84.5 cm³/mol. The van der Waals surface area contributed by atoms with Crippen molar-refractivity contribution in [2.75, 3.05) is 20.2 Å². The minimum atomic E-state index is 0. The Labute approximate surface area is 127 Å². The molecule has 0 fully saturated rings. The van der Waals surface area contributed by atoms with Gasteiger partial charge in [0.05, 0.1) is 7.11 Å². The lowest BCUT2D eigenvalue weighted by Crippen LogP contribution is -2.31. The van der Waals surface area contributed by atoms with Crippen molar-refractivity contribution in [3.05, 3.63) is 29.8 Å². The van der Waals surface area contributed by atoms with Crippen molar-refractivity contribution in [3.8, 4) is 5.75 Å². The van der Waals surface area contributed by atoms with Gasteiger partial charge in [-0.05, 0) is 30.0 Å². The molecule has 0 aliphatic carbocycles. The van der Waals surface area contributed by atoms with Crippen LogP contribution in [0.4, 0.5) is 0 Å². The van der Waals surface area contributed by atoms with Crippen LogP contribution >= 0.6 is 12.4 Å². The number of carbonyl (C=O) groups excluding carboxylic acids is 1. The van der Waals surface area contributed by atoms with Gasteiger partial charge in [-0.3, -0.25) is 4.79 Å². The quantitative estimate of drug-likeness (QED) is 0.812. The van der Waals surface area contributed by atoms with Gasteiger partial charge >= 0.3 is 0 Å². The van der Waals surface area contributed by atoms with Crippen molar-refractivity contribution in [3.63, 3.8) is 0 Å². The summed E-state index contributed by atoms with van der Waals surface area (Å²) in [6, 6.07) is 7.81. The number of rotatable bonds is 7. The second-order valence-electron chi connectivity index (χ2n) is 4.99. The van der Waals surface area contributed by atoms with E-state index in [1.165, 1.54) is 0 Å². The van der Waals surface area contributed by atoms with E-state index in [4.69, 9.17) is 10.5 Å². The van der Waals surface area contributed by atoms with Crippen LogP contribution in [-0.4, -0.2) is 26.1 Å². The number of nitrogens with one attached hydrogen (secondary N) is 1. The molecule has 5 heteroatoms. The van der Waals surface area contributed by atoms with E-state index in [-0.39, 0.29) is 24.2 Å². The molecule has 0 saturated heterocycles. The van der Waals surface area contributed by atoms with E-state index in [0.29, 0.717) is 25.4 Å². The SMILES string of the molecule is COc1ccccc1C(C)CC(=O)NCC(C)CN.Cl. The number of benzene rings is 1. The molecule has 2 unspecified atom stereocenters. The van der Waals surface area contributed by atoms with Crippen LogP contribution in [0.1, 0.15) is 31.7 Å². The summed E-state index contributed by atoms with van der Waals surface area (Å²) in [5.41, 5.74) is 6.58. The van der Waals surface area contributed by atoms with Crippen LogP contribution < -0.4 is 15.8 Å². The number of ether oxygens (including phenoxy) is 1. The summed E-state index contributed by atoms with van der Waals surface area (Å²) in [6.07, 6.45) is 0.456. The normalized spacial score (nSPS) is 13.0. The van der Waals surface area contributed by atoms with Crippen LogP contribution in [0.5, 0.6) is 5.75 Å². The van der Waals surface area contributed by atoms with Crippen LogP contribution in [0.15, 0.2) is 24.3 Å². The number of amides is 1. The Hall–Kier alpha value is -1.26. The Balaban J connectivity index is 0.00000361. The number of methoxy groups -OCH3 is 1. The molecule has 0 radical (unpaired) electrons. The lowest BCUT2D eigenvalue weighted by Gasteiger charge is -2.16. The number of para-hydroxylation sites is 1. The fourth-order valence-electron chi connectivity index (χ4n) is 1.91. The molecule has 20 heavy (non-hydrogen) atoms. The largest absolute Gasteiger partial charge is 0.496 e. The summed E-state index contributed by atoms with van der Waals surface area (Å²) < 4.78 is 5.32. The molecule has 0 aliphatic heterocycles. The maximum absolute atomic E-state index is 11.9. The summed E-state index contributed by atoms with van der Waals surface area (Å²) in [7, 11) is 1.65. The van der Waals surface area contributed by atoms with Gasteiger partial charge in [-0.2, -0.15) is 0 Å². The minimum absolute atomic E-state index is 0. The smallest absolute Gasteiger partial charge is 0.220 e. The van der Waals surface area contributed by atoms with Crippen molar-refractivity contribution in [1.29, 1.82) is 0 Å². The third kappa shape index (κ3) is 5.80. The maximum atomic E-state index is 11.9. The van der Waals surface area contributed by atoms with E-state index in [9.17, 15) is 4.79 Å². The first-order valence-corrected chi connectivity index (χ1v) is 6.68. The van der Waals surface area contributed by atoms with E-state index in [1.54, 1.807) is 7.11 Å². The summed E-state index contributed by atoms with van der Waals surface area (Å²) >= 11 is 0. The Morgan fingerprint density at radius 2 is 2.00 bits per heavy atom. The molecule has 3 N–H and O–H groups in total. The zero-order chi connectivity index (χ0) is 14.3. The Kier molecular flexibility index (Phi) is 9.01. The predicted octanol–water partition coefficient (Wildman–Crippen LogP) is 2.32. The van der Waals surface area contributed by atoms with E-state index >= 15 is 0 Å². The first kappa shape index (κ1) is 18.7. The molecule has 1 aromatic carbocycles. The first-order chi connectivity index (χ1) is 9.08. The van der Waals surface area contributed by atoms with Gasteiger partial charge in [0.2, 0.25) is 5.91 Å². The van der Waals surface area contributed by atoms with Gasteiger partial charge in [0.1, 0.15) is 5.75 Å². The summed E-state index contributed by atoms with van der Waals surface area (Å²) in [5.74, 6) is 1.33. The van der Waals surface area contributed by atoms with Crippen LogP contribution in [-0.2, 0) is 4.79 Å². The molecule has 0 heterocycles. The van der Waals surface area contributed by atoms with Crippen molar-refractivity contribution < 1.29 is 9.53 Å². The molecule has 1 amide bonds. The molecular weight excluding hydrogens is 276 g/mol. The van der Waals surface area contributed by atoms with Crippen molar-refractivity contribution in [1.82, 2.24) is 5.32 Å². The van der Waals surface area contributed by atoms with E-state index in [1.807, 2.05) is 38.1 Å².